The van der Waals surface area contributed by atoms with Crippen molar-refractivity contribution in [1.82, 2.24) is 0 Å². The average molecular weight is 244 g/mol. The maximum absolute atomic E-state index is 9.00. The van der Waals surface area contributed by atoms with Gasteiger partial charge in [0.05, 0.1) is 18.8 Å². The summed E-state index contributed by atoms with van der Waals surface area (Å²) in [6.07, 6.45) is 1.17. The molecule has 0 saturated carbocycles. The lowest BCUT2D eigenvalue weighted by Crippen LogP contribution is -2.47. The van der Waals surface area contributed by atoms with Crippen molar-refractivity contribution in [3.05, 3.63) is 0 Å². The van der Waals surface area contributed by atoms with Gasteiger partial charge >= 0.3 is 0 Å². The molecular weight excluding hydrogens is 212 g/mol. The van der Waals surface area contributed by atoms with Gasteiger partial charge in [0.25, 0.3) is 0 Å². The van der Waals surface area contributed by atoms with E-state index in [9.17, 15) is 0 Å². The van der Waals surface area contributed by atoms with Crippen LogP contribution in [0.2, 0.25) is 0 Å². The summed E-state index contributed by atoms with van der Waals surface area (Å²) in [4.78, 5) is 0. The lowest BCUT2D eigenvalue weighted by atomic mass is 9.70. The van der Waals surface area contributed by atoms with Gasteiger partial charge in [-0.05, 0) is 30.6 Å². The quantitative estimate of drug-likeness (QED) is 0.705. The highest BCUT2D eigenvalue weighted by molar-refractivity contribution is 4.90. The number of hydrogen-bond donors (Lipinski definition) is 1. The molecule has 0 spiro atoms. The van der Waals surface area contributed by atoms with E-state index in [4.69, 9.17) is 9.84 Å². The first-order chi connectivity index (χ1) is 7.81. The smallest absolute Gasteiger partial charge is 0.0711 e. The molecule has 0 aliphatic rings. The van der Waals surface area contributed by atoms with Gasteiger partial charge in [-0.1, -0.05) is 48.0 Å². The first-order valence-corrected chi connectivity index (χ1v) is 7.06. The Hall–Kier alpha value is -0.0800. The molecule has 0 aliphatic carbocycles. The second-order valence-electron chi connectivity index (χ2n) is 5.96. The van der Waals surface area contributed by atoms with Crippen molar-refractivity contribution in [2.75, 3.05) is 13.2 Å². The second kappa shape index (κ2) is 7.38. The molecule has 0 aromatic carbocycles. The van der Waals surface area contributed by atoms with Crippen LogP contribution >= 0.6 is 0 Å². The summed E-state index contributed by atoms with van der Waals surface area (Å²) in [5.41, 5.74) is -0.147. The Balaban J connectivity index is 4.94. The minimum atomic E-state index is -0.147. The third kappa shape index (κ3) is 4.26. The standard InChI is InChI=1S/C15H32O2/c1-8-12(4)14(6)15(7,17-10-9-16)13(5)11(2)3/h11-14,16H,8-10H2,1-7H3. The number of rotatable bonds is 8. The Kier molecular flexibility index (Phi) is 7.34. The molecule has 0 heterocycles. The van der Waals surface area contributed by atoms with Gasteiger partial charge in [0.15, 0.2) is 0 Å². The minimum Gasteiger partial charge on any atom is -0.394 e. The monoisotopic (exact) mass is 244 g/mol. The molecule has 0 aromatic heterocycles. The van der Waals surface area contributed by atoms with Crippen molar-refractivity contribution in [3.8, 4) is 0 Å². The Morgan fingerprint density at radius 2 is 1.59 bits per heavy atom. The summed E-state index contributed by atoms with van der Waals surface area (Å²) in [5.74, 6) is 2.21. The normalized spacial score (nSPS) is 21.0. The van der Waals surface area contributed by atoms with E-state index >= 15 is 0 Å². The van der Waals surface area contributed by atoms with Gasteiger partial charge in [0.1, 0.15) is 0 Å². The molecule has 2 nitrogen and oxygen atoms in total. The summed E-state index contributed by atoms with van der Waals surface area (Å²) >= 11 is 0. The van der Waals surface area contributed by atoms with Crippen LogP contribution in [-0.2, 0) is 4.74 Å². The molecule has 1 N–H and O–H groups in total. The van der Waals surface area contributed by atoms with Gasteiger partial charge in [-0.25, -0.2) is 0 Å². The zero-order valence-electron chi connectivity index (χ0n) is 12.8. The fourth-order valence-electron chi connectivity index (χ4n) is 2.52. The van der Waals surface area contributed by atoms with Crippen LogP contribution in [0.15, 0.2) is 0 Å². The SMILES string of the molecule is CCC(C)C(C)C(C)(OCCO)C(C)C(C)C. The number of hydrogen-bond acceptors (Lipinski definition) is 2. The van der Waals surface area contributed by atoms with E-state index in [0.717, 1.165) is 0 Å². The number of aliphatic hydroxyl groups is 1. The van der Waals surface area contributed by atoms with Gasteiger partial charge in [0, 0.05) is 0 Å². The zero-order valence-corrected chi connectivity index (χ0v) is 12.8. The Morgan fingerprint density at radius 3 is 1.94 bits per heavy atom. The van der Waals surface area contributed by atoms with Crippen LogP contribution in [0.25, 0.3) is 0 Å². The van der Waals surface area contributed by atoms with E-state index in [1.807, 2.05) is 0 Å². The minimum absolute atomic E-state index is 0.105. The molecule has 0 aliphatic heterocycles. The van der Waals surface area contributed by atoms with E-state index < -0.39 is 0 Å². The van der Waals surface area contributed by atoms with Crippen molar-refractivity contribution in [3.63, 3.8) is 0 Å². The fraction of sp³-hybridized carbons (Fsp3) is 1.00. The molecule has 0 rings (SSSR count). The van der Waals surface area contributed by atoms with Crippen LogP contribution < -0.4 is 0 Å². The maximum atomic E-state index is 9.00. The summed E-state index contributed by atoms with van der Waals surface area (Å²) in [6.45, 7) is 16.3. The predicted octanol–water partition coefficient (Wildman–Crippen LogP) is 3.73. The highest BCUT2D eigenvalue weighted by atomic mass is 16.5. The molecule has 0 fully saturated rings. The topological polar surface area (TPSA) is 29.5 Å². The third-order valence-electron chi connectivity index (χ3n) is 4.81. The molecule has 0 bridgehead atoms. The van der Waals surface area contributed by atoms with Crippen LogP contribution in [0.4, 0.5) is 0 Å². The van der Waals surface area contributed by atoms with Gasteiger partial charge in [0.2, 0.25) is 0 Å². The summed E-state index contributed by atoms with van der Waals surface area (Å²) in [6, 6.07) is 0. The summed E-state index contributed by atoms with van der Waals surface area (Å²) < 4.78 is 6.04. The van der Waals surface area contributed by atoms with Crippen molar-refractivity contribution < 1.29 is 9.84 Å². The molecule has 0 amide bonds. The average Bonchev–Trinajstić information content (AvgIpc) is 2.32. The third-order valence-corrected chi connectivity index (χ3v) is 4.81. The first kappa shape index (κ1) is 16.9. The van der Waals surface area contributed by atoms with Crippen molar-refractivity contribution in [2.45, 2.75) is 60.5 Å². The fourth-order valence-corrected chi connectivity index (χ4v) is 2.52. The Bertz CT molecular complexity index is 203. The lowest BCUT2D eigenvalue weighted by Gasteiger charge is -2.45. The van der Waals surface area contributed by atoms with Gasteiger partial charge in [-0.2, -0.15) is 0 Å². The highest BCUT2D eigenvalue weighted by Crippen LogP contribution is 2.39. The molecule has 17 heavy (non-hydrogen) atoms. The lowest BCUT2D eigenvalue weighted by molar-refractivity contribution is -0.134. The highest BCUT2D eigenvalue weighted by Gasteiger charge is 2.40. The summed E-state index contributed by atoms with van der Waals surface area (Å²) in [7, 11) is 0. The number of aliphatic hydroxyl groups excluding tert-OH is 1. The van der Waals surface area contributed by atoms with Crippen molar-refractivity contribution >= 4 is 0 Å². The zero-order chi connectivity index (χ0) is 13.6. The summed E-state index contributed by atoms with van der Waals surface area (Å²) in [5, 5.41) is 9.00. The second-order valence-corrected chi connectivity index (χ2v) is 5.96. The molecular formula is C15H32O2. The number of ether oxygens (including phenoxy) is 1. The van der Waals surface area contributed by atoms with Gasteiger partial charge in [-0.3, -0.25) is 0 Å². The molecule has 104 valence electrons. The van der Waals surface area contributed by atoms with Crippen LogP contribution in [0.5, 0.6) is 0 Å². The van der Waals surface area contributed by atoms with Crippen LogP contribution in [0.3, 0.4) is 0 Å². The van der Waals surface area contributed by atoms with Gasteiger partial charge < -0.3 is 9.84 Å². The molecule has 2 heteroatoms. The largest absolute Gasteiger partial charge is 0.394 e. The van der Waals surface area contributed by atoms with Crippen molar-refractivity contribution in [2.24, 2.45) is 23.7 Å². The van der Waals surface area contributed by atoms with E-state index in [2.05, 4.69) is 48.5 Å². The molecule has 0 saturated heterocycles. The van der Waals surface area contributed by atoms with Crippen LogP contribution in [0, 0.1) is 23.7 Å². The maximum Gasteiger partial charge on any atom is 0.0711 e. The van der Waals surface area contributed by atoms with Gasteiger partial charge in [-0.15, -0.1) is 0 Å². The van der Waals surface area contributed by atoms with Crippen LogP contribution in [-0.4, -0.2) is 23.9 Å². The van der Waals surface area contributed by atoms with E-state index in [1.165, 1.54) is 6.42 Å². The van der Waals surface area contributed by atoms with E-state index in [0.29, 0.717) is 30.3 Å². The molecule has 4 atom stereocenters. The molecule has 0 radical (unpaired) electrons. The van der Waals surface area contributed by atoms with E-state index in [1.54, 1.807) is 0 Å². The predicted molar refractivity (Wildman–Crippen MR) is 74.1 cm³/mol. The van der Waals surface area contributed by atoms with E-state index in [-0.39, 0.29) is 12.2 Å². The molecule has 4 unspecified atom stereocenters. The van der Waals surface area contributed by atoms with Crippen LogP contribution in [0.1, 0.15) is 54.9 Å². The Labute approximate surface area is 108 Å². The first-order valence-electron chi connectivity index (χ1n) is 7.06. The molecule has 0 aromatic rings. The van der Waals surface area contributed by atoms with Crippen molar-refractivity contribution in [1.29, 1.82) is 0 Å². The Morgan fingerprint density at radius 1 is 1.06 bits per heavy atom.